The number of hydrogen-bond donors (Lipinski definition) is 1. The number of likely N-dealkylation sites (tertiary alicyclic amines) is 1. The highest BCUT2D eigenvalue weighted by Crippen LogP contribution is 2.19. The van der Waals surface area contributed by atoms with Crippen molar-refractivity contribution in [3.63, 3.8) is 0 Å². The zero-order chi connectivity index (χ0) is 17.9. The fraction of sp³-hybridized carbons (Fsp3) is 0.611. The maximum Gasteiger partial charge on any atom is 0.253 e. The van der Waals surface area contributed by atoms with Gasteiger partial charge in [-0.15, -0.1) is 0 Å². The highest BCUT2D eigenvalue weighted by atomic mass is 16.2. The molecule has 2 heterocycles. The predicted octanol–water partition coefficient (Wildman–Crippen LogP) is 1.37. The van der Waals surface area contributed by atoms with Crippen LogP contribution < -0.4 is 5.32 Å². The van der Waals surface area contributed by atoms with Crippen LogP contribution in [0.2, 0.25) is 0 Å². The summed E-state index contributed by atoms with van der Waals surface area (Å²) in [4.78, 5) is 33.2. The number of nitrogens with one attached hydrogen (secondary N) is 1. The monoisotopic (exact) mass is 332 g/mol. The molecule has 0 aliphatic carbocycles. The average Bonchev–Trinajstić information content (AvgIpc) is 2.88. The minimum atomic E-state index is -0.160. The third-order valence-corrected chi connectivity index (χ3v) is 4.74. The Morgan fingerprint density at radius 2 is 2.00 bits per heavy atom. The Kier molecular flexibility index (Phi) is 5.94. The number of carbonyl (C=O) groups is 2. The molecule has 1 aliphatic rings. The summed E-state index contributed by atoms with van der Waals surface area (Å²) in [6, 6.07) is 1.72. The topological polar surface area (TPSA) is 65.5 Å². The van der Waals surface area contributed by atoms with Crippen molar-refractivity contribution in [3.8, 4) is 0 Å². The van der Waals surface area contributed by atoms with Crippen LogP contribution in [0, 0.1) is 13.8 Å². The molecule has 0 spiro atoms. The Bertz CT molecular complexity index is 613. The fourth-order valence-electron chi connectivity index (χ4n) is 3.34. The summed E-state index contributed by atoms with van der Waals surface area (Å²) in [6.45, 7) is 9.91. The molecule has 1 aliphatic heterocycles. The summed E-state index contributed by atoms with van der Waals surface area (Å²) in [7, 11) is 1.94. The van der Waals surface area contributed by atoms with E-state index in [0.717, 1.165) is 11.3 Å². The molecule has 0 aromatic carbocycles. The molecule has 0 radical (unpaired) electrons. The Balaban J connectivity index is 2.02. The minimum Gasteiger partial charge on any atom is -0.348 e. The third-order valence-electron chi connectivity index (χ3n) is 4.74. The molecule has 132 valence electrons. The molecule has 1 N–H and O–H groups in total. The predicted molar refractivity (Wildman–Crippen MR) is 93.9 cm³/mol. The first-order valence-electron chi connectivity index (χ1n) is 8.60. The Labute approximate surface area is 144 Å². The molecule has 1 aromatic rings. The van der Waals surface area contributed by atoms with Crippen molar-refractivity contribution in [2.75, 3.05) is 26.7 Å². The van der Waals surface area contributed by atoms with Crippen molar-refractivity contribution < 1.29 is 9.59 Å². The standard InChI is InChI=1S/C18H28N4O2/c1-6-22(7-2)18(24)16-9-14(11-21(16)5)20-17(23)15-10-19-13(4)8-12(15)3/h8,10,14,16H,6-7,9,11H2,1-5H3,(H,20,23)/t14-,16+/m1/s1. The molecule has 6 nitrogen and oxygen atoms in total. The van der Waals surface area contributed by atoms with Crippen LogP contribution in [-0.2, 0) is 4.79 Å². The Morgan fingerprint density at radius 1 is 1.33 bits per heavy atom. The van der Waals surface area contributed by atoms with Crippen molar-refractivity contribution in [2.24, 2.45) is 0 Å². The zero-order valence-corrected chi connectivity index (χ0v) is 15.3. The lowest BCUT2D eigenvalue weighted by Crippen LogP contribution is -2.44. The minimum absolute atomic E-state index is 0.0206. The lowest BCUT2D eigenvalue weighted by atomic mass is 10.1. The van der Waals surface area contributed by atoms with Crippen molar-refractivity contribution in [2.45, 2.75) is 46.2 Å². The summed E-state index contributed by atoms with van der Waals surface area (Å²) in [6.07, 6.45) is 2.27. The number of likely N-dealkylation sites (N-methyl/N-ethyl adjacent to an activating group) is 2. The SMILES string of the molecule is CCN(CC)C(=O)[C@@H]1C[C@@H](NC(=O)c2cnc(C)cc2C)CN1C. The van der Waals surface area contributed by atoms with E-state index < -0.39 is 0 Å². The average molecular weight is 332 g/mol. The first-order chi connectivity index (χ1) is 11.4. The number of nitrogens with zero attached hydrogens (tertiary/aromatic N) is 3. The smallest absolute Gasteiger partial charge is 0.253 e. The highest BCUT2D eigenvalue weighted by Gasteiger charge is 2.36. The van der Waals surface area contributed by atoms with E-state index in [1.54, 1.807) is 6.20 Å². The van der Waals surface area contributed by atoms with Crippen LogP contribution in [0.15, 0.2) is 12.3 Å². The van der Waals surface area contributed by atoms with Gasteiger partial charge in [-0.25, -0.2) is 0 Å². The first-order valence-corrected chi connectivity index (χ1v) is 8.60. The maximum absolute atomic E-state index is 12.6. The van der Waals surface area contributed by atoms with Gasteiger partial charge in [-0.1, -0.05) is 0 Å². The Hall–Kier alpha value is -1.95. The van der Waals surface area contributed by atoms with Gasteiger partial charge in [-0.05, 0) is 52.8 Å². The quantitative estimate of drug-likeness (QED) is 0.884. The van der Waals surface area contributed by atoms with E-state index in [0.29, 0.717) is 31.6 Å². The molecule has 0 saturated carbocycles. The van der Waals surface area contributed by atoms with Gasteiger partial charge in [-0.2, -0.15) is 0 Å². The number of hydrogen-bond acceptors (Lipinski definition) is 4. The fourth-order valence-corrected chi connectivity index (χ4v) is 3.34. The van der Waals surface area contributed by atoms with Gasteiger partial charge in [0.1, 0.15) is 0 Å². The molecular formula is C18H28N4O2. The molecule has 1 saturated heterocycles. The van der Waals surface area contributed by atoms with E-state index in [9.17, 15) is 9.59 Å². The largest absolute Gasteiger partial charge is 0.348 e. The number of rotatable bonds is 5. The van der Waals surface area contributed by atoms with E-state index in [-0.39, 0.29) is 23.9 Å². The Morgan fingerprint density at radius 3 is 2.58 bits per heavy atom. The van der Waals surface area contributed by atoms with Gasteiger partial charge in [0.2, 0.25) is 5.91 Å². The molecule has 6 heteroatoms. The third kappa shape index (κ3) is 3.93. The second kappa shape index (κ2) is 7.75. The van der Waals surface area contributed by atoms with E-state index in [4.69, 9.17) is 0 Å². The molecule has 2 rings (SSSR count). The van der Waals surface area contributed by atoms with E-state index in [1.165, 1.54) is 0 Å². The zero-order valence-electron chi connectivity index (χ0n) is 15.3. The summed E-state index contributed by atoms with van der Waals surface area (Å²) in [5.41, 5.74) is 2.42. The number of pyridine rings is 1. The van der Waals surface area contributed by atoms with E-state index >= 15 is 0 Å². The van der Waals surface area contributed by atoms with Crippen LogP contribution in [0.3, 0.4) is 0 Å². The molecule has 2 atom stereocenters. The van der Waals surface area contributed by atoms with Gasteiger partial charge in [0.15, 0.2) is 0 Å². The van der Waals surface area contributed by atoms with Gasteiger partial charge in [0.05, 0.1) is 11.6 Å². The van der Waals surface area contributed by atoms with Gasteiger partial charge in [0, 0.05) is 37.6 Å². The van der Waals surface area contributed by atoms with Gasteiger partial charge in [0.25, 0.3) is 5.91 Å². The van der Waals surface area contributed by atoms with Crippen LogP contribution >= 0.6 is 0 Å². The normalized spacial score (nSPS) is 20.9. The van der Waals surface area contributed by atoms with Gasteiger partial charge in [-0.3, -0.25) is 19.5 Å². The summed E-state index contributed by atoms with van der Waals surface area (Å²) >= 11 is 0. The van der Waals surface area contributed by atoms with Crippen LogP contribution in [0.5, 0.6) is 0 Å². The van der Waals surface area contributed by atoms with Crippen LogP contribution in [0.25, 0.3) is 0 Å². The van der Waals surface area contributed by atoms with Crippen molar-refractivity contribution in [1.29, 1.82) is 0 Å². The molecule has 1 fully saturated rings. The lowest BCUT2D eigenvalue weighted by Gasteiger charge is -2.26. The molecule has 2 amide bonds. The maximum atomic E-state index is 12.6. The van der Waals surface area contributed by atoms with Crippen LogP contribution in [0.1, 0.15) is 41.9 Å². The molecule has 24 heavy (non-hydrogen) atoms. The van der Waals surface area contributed by atoms with E-state index in [1.807, 2.05) is 50.6 Å². The lowest BCUT2D eigenvalue weighted by molar-refractivity contribution is -0.135. The molecule has 0 bridgehead atoms. The molecule has 0 unspecified atom stereocenters. The summed E-state index contributed by atoms with van der Waals surface area (Å²) in [5, 5.41) is 3.05. The van der Waals surface area contributed by atoms with E-state index in [2.05, 4.69) is 10.3 Å². The van der Waals surface area contributed by atoms with Gasteiger partial charge >= 0.3 is 0 Å². The van der Waals surface area contributed by atoms with Crippen LogP contribution in [-0.4, -0.2) is 65.4 Å². The summed E-state index contributed by atoms with van der Waals surface area (Å²) < 4.78 is 0. The first kappa shape index (κ1) is 18.4. The van der Waals surface area contributed by atoms with Crippen LogP contribution in [0.4, 0.5) is 0 Å². The molecular weight excluding hydrogens is 304 g/mol. The highest BCUT2D eigenvalue weighted by molar-refractivity contribution is 5.95. The number of carbonyl (C=O) groups excluding carboxylic acids is 2. The number of aromatic nitrogens is 1. The second-order valence-electron chi connectivity index (χ2n) is 6.51. The van der Waals surface area contributed by atoms with Crippen molar-refractivity contribution >= 4 is 11.8 Å². The van der Waals surface area contributed by atoms with Gasteiger partial charge < -0.3 is 10.2 Å². The van der Waals surface area contributed by atoms with Crippen molar-refractivity contribution in [1.82, 2.24) is 20.1 Å². The second-order valence-corrected chi connectivity index (χ2v) is 6.51. The number of amides is 2. The number of aryl methyl sites for hydroxylation is 2. The molecule has 1 aromatic heterocycles. The summed E-state index contributed by atoms with van der Waals surface area (Å²) in [5.74, 6) is 0.0294. The van der Waals surface area contributed by atoms with Crippen molar-refractivity contribution in [3.05, 3.63) is 29.1 Å².